The van der Waals surface area contributed by atoms with Crippen LogP contribution in [0, 0.1) is 12.7 Å². The lowest BCUT2D eigenvalue weighted by Gasteiger charge is -2.02. The number of benzene rings is 1. The van der Waals surface area contributed by atoms with Gasteiger partial charge in [-0.25, -0.2) is 14.1 Å². The van der Waals surface area contributed by atoms with E-state index in [0.717, 1.165) is 15.7 Å². The van der Waals surface area contributed by atoms with Crippen LogP contribution in [0.15, 0.2) is 41.3 Å². The average Bonchev–Trinajstić information content (AvgIpc) is 3.12. The number of aryl methyl sites for hydroxylation is 2. The smallest absolute Gasteiger partial charge is 0.248 e. The molecule has 130 valence electrons. The lowest BCUT2D eigenvalue weighted by atomic mass is 10.2. The van der Waals surface area contributed by atoms with Gasteiger partial charge in [-0.3, -0.25) is 14.8 Å². The lowest BCUT2D eigenvalue weighted by molar-refractivity contribution is -0.116. The van der Waals surface area contributed by atoms with Crippen molar-refractivity contribution in [3.63, 3.8) is 0 Å². The molecule has 0 saturated heterocycles. The average molecular weight is 407 g/mol. The van der Waals surface area contributed by atoms with Gasteiger partial charge in [-0.15, -0.1) is 5.10 Å². The Morgan fingerprint density at radius 1 is 1.32 bits per heavy atom. The van der Waals surface area contributed by atoms with Crippen LogP contribution in [-0.2, 0) is 17.9 Å². The van der Waals surface area contributed by atoms with Crippen molar-refractivity contribution in [1.82, 2.24) is 24.5 Å². The minimum absolute atomic E-state index is 0.201. The van der Waals surface area contributed by atoms with E-state index in [9.17, 15) is 9.18 Å². The number of carbonyl (C=O) groups excluding carboxylic acids is 1. The predicted molar refractivity (Wildman–Crippen MR) is 93.4 cm³/mol. The largest absolute Gasteiger partial charge is 0.293 e. The molecule has 0 spiro atoms. The van der Waals surface area contributed by atoms with E-state index in [4.69, 9.17) is 0 Å². The molecule has 1 N–H and O–H groups in total. The molecular weight excluding hydrogens is 391 g/mol. The van der Waals surface area contributed by atoms with Crippen molar-refractivity contribution >= 4 is 27.8 Å². The molecule has 0 fully saturated rings. The monoisotopic (exact) mass is 406 g/mol. The molecule has 2 aromatic heterocycles. The van der Waals surface area contributed by atoms with Gasteiger partial charge in [0.1, 0.15) is 12.1 Å². The number of hydrogen-bond acceptors (Lipinski definition) is 4. The molecule has 0 aliphatic heterocycles. The number of hydrogen-bond donors (Lipinski definition) is 1. The van der Waals surface area contributed by atoms with Crippen LogP contribution in [0.5, 0.6) is 0 Å². The molecule has 0 unspecified atom stereocenters. The molecular formula is C16H16BrFN6O. The SMILES string of the molecule is Cc1nn(CCC(=O)Nc2ncn(Cc3cccc(F)c3)n2)cc1Br. The topological polar surface area (TPSA) is 77.6 Å². The molecule has 0 aliphatic carbocycles. The molecule has 3 rings (SSSR count). The van der Waals surface area contributed by atoms with E-state index in [1.165, 1.54) is 18.5 Å². The molecule has 0 radical (unpaired) electrons. The second-order valence-electron chi connectivity index (χ2n) is 5.52. The highest BCUT2D eigenvalue weighted by Crippen LogP contribution is 2.13. The Morgan fingerprint density at radius 2 is 2.16 bits per heavy atom. The van der Waals surface area contributed by atoms with Crippen molar-refractivity contribution in [3.8, 4) is 0 Å². The molecule has 0 aliphatic rings. The van der Waals surface area contributed by atoms with Gasteiger partial charge < -0.3 is 0 Å². The van der Waals surface area contributed by atoms with Crippen molar-refractivity contribution in [3.05, 3.63) is 58.3 Å². The van der Waals surface area contributed by atoms with Crippen LogP contribution in [0.3, 0.4) is 0 Å². The summed E-state index contributed by atoms with van der Waals surface area (Å²) in [5.41, 5.74) is 1.64. The number of aromatic nitrogens is 5. The van der Waals surface area contributed by atoms with E-state index >= 15 is 0 Å². The summed E-state index contributed by atoms with van der Waals surface area (Å²) < 4.78 is 17.3. The summed E-state index contributed by atoms with van der Waals surface area (Å²) in [6.45, 7) is 2.72. The first kappa shape index (κ1) is 17.3. The molecule has 25 heavy (non-hydrogen) atoms. The van der Waals surface area contributed by atoms with E-state index in [-0.39, 0.29) is 24.1 Å². The minimum Gasteiger partial charge on any atom is -0.293 e. The van der Waals surface area contributed by atoms with Crippen LogP contribution in [0.4, 0.5) is 10.3 Å². The standard InChI is InChI=1S/C16H16BrFN6O/c1-11-14(17)9-23(21-11)6-5-15(25)20-16-19-10-24(22-16)8-12-3-2-4-13(18)7-12/h2-4,7,9-10H,5-6,8H2,1H3,(H,20,22,25). The Morgan fingerprint density at radius 3 is 2.88 bits per heavy atom. The Bertz CT molecular complexity index is 871. The normalized spacial score (nSPS) is 10.8. The highest BCUT2D eigenvalue weighted by atomic mass is 79.9. The number of carbonyl (C=O) groups is 1. The molecule has 1 aromatic carbocycles. The maximum absolute atomic E-state index is 13.2. The van der Waals surface area contributed by atoms with Gasteiger partial charge in [-0.2, -0.15) is 5.10 Å². The molecule has 2 heterocycles. The first-order valence-electron chi connectivity index (χ1n) is 7.63. The number of rotatable bonds is 6. The van der Waals surface area contributed by atoms with E-state index in [1.807, 2.05) is 13.1 Å². The van der Waals surface area contributed by atoms with Gasteiger partial charge in [0.25, 0.3) is 0 Å². The fourth-order valence-corrected chi connectivity index (χ4v) is 2.58. The molecule has 0 saturated carbocycles. The summed E-state index contributed by atoms with van der Waals surface area (Å²) in [5.74, 6) is -0.279. The van der Waals surface area contributed by atoms with Gasteiger partial charge in [0.2, 0.25) is 11.9 Å². The van der Waals surface area contributed by atoms with Gasteiger partial charge in [-0.05, 0) is 40.5 Å². The third-order valence-electron chi connectivity index (χ3n) is 3.48. The summed E-state index contributed by atoms with van der Waals surface area (Å²) in [5, 5.41) is 11.1. The first-order valence-corrected chi connectivity index (χ1v) is 8.42. The Hall–Kier alpha value is -2.55. The summed E-state index contributed by atoms with van der Waals surface area (Å²) in [6, 6.07) is 6.26. The third kappa shape index (κ3) is 4.72. The fraction of sp³-hybridized carbons (Fsp3) is 0.250. The van der Waals surface area contributed by atoms with E-state index in [1.54, 1.807) is 21.5 Å². The second-order valence-corrected chi connectivity index (χ2v) is 6.37. The van der Waals surface area contributed by atoms with Gasteiger partial charge >= 0.3 is 0 Å². The number of nitrogens with zero attached hydrogens (tertiary/aromatic N) is 5. The summed E-state index contributed by atoms with van der Waals surface area (Å²) in [6.07, 6.45) is 3.58. The van der Waals surface area contributed by atoms with Crippen LogP contribution in [0.2, 0.25) is 0 Å². The summed E-state index contributed by atoms with van der Waals surface area (Å²) in [4.78, 5) is 16.0. The quantitative estimate of drug-likeness (QED) is 0.682. The van der Waals surface area contributed by atoms with E-state index < -0.39 is 0 Å². The van der Waals surface area contributed by atoms with Crippen molar-refractivity contribution in [2.75, 3.05) is 5.32 Å². The zero-order valence-electron chi connectivity index (χ0n) is 13.5. The second kappa shape index (κ2) is 7.56. The van der Waals surface area contributed by atoms with Crippen molar-refractivity contribution < 1.29 is 9.18 Å². The molecule has 0 bridgehead atoms. The van der Waals surface area contributed by atoms with Crippen LogP contribution in [-0.4, -0.2) is 30.5 Å². The van der Waals surface area contributed by atoms with Crippen LogP contribution in [0.1, 0.15) is 17.7 Å². The predicted octanol–water partition coefficient (Wildman–Crippen LogP) is 2.76. The Kier molecular flexibility index (Phi) is 5.22. The van der Waals surface area contributed by atoms with E-state index in [0.29, 0.717) is 13.1 Å². The van der Waals surface area contributed by atoms with Gasteiger partial charge in [0.05, 0.1) is 16.7 Å². The molecule has 3 aromatic rings. The third-order valence-corrected chi connectivity index (χ3v) is 4.25. The zero-order valence-corrected chi connectivity index (χ0v) is 15.1. The van der Waals surface area contributed by atoms with Crippen LogP contribution < -0.4 is 5.32 Å². The highest BCUT2D eigenvalue weighted by Gasteiger charge is 2.09. The van der Waals surface area contributed by atoms with Crippen LogP contribution in [0.25, 0.3) is 0 Å². The molecule has 0 atom stereocenters. The number of halogens is 2. The van der Waals surface area contributed by atoms with Gasteiger partial charge in [0, 0.05) is 19.2 Å². The van der Waals surface area contributed by atoms with Crippen molar-refractivity contribution in [1.29, 1.82) is 0 Å². The molecule has 9 heteroatoms. The van der Waals surface area contributed by atoms with Gasteiger partial charge in [0.15, 0.2) is 0 Å². The zero-order chi connectivity index (χ0) is 17.8. The van der Waals surface area contributed by atoms with Crippen molar-refractivity contribution in [2.45, 2.75) is 26.4 Å². The minimum atomic E-state index is -0.299. The maximum Gasteiger partial charge on any atom is 0.248 e. The number of anilines is 1. The fourth-order valence-electron chi connectivity index (χ4n) is 2.26. The summed E-state index contributed by atoms with van der Waals surface area (Å²) in [7, 11) is 0. The molecule has 1 amide bonds. The van der Waals surface area contributed by atoms with Crippen LogP contribution >= 0.6 is 15.9 Å². The van der Waals surface area contributed by atoms with E-state index in [2.05, 4.69) is 36.4 Å². The Balaban J connectivity index is 1.53. The highest BCUT2D eigenvalue weighted by molar-refractivity contribution is 9.10. The molecule has 7 nitrogen and oxygen atoms in total. The maximum atomic E-state index is 13.2. The Labute approximate surface area is 152 Å². The lowest BCUT2D eigenvalue weighted by Crippen LogP contribution is -2.16. The first-order chi connectivity index (χ1) is 12.0. The van der Waals surface area contributed by atoms with Crippen molar-refractivity contribution in [2.24, 2.45) is 0 Å². The number of amides is 1. The summed E-state index contributed by atoms with van der Waals surface area (Å²) >= 11 is 3.38. The number of nitrogens with one attached hydrogen (secondary N) is 1. The van der Waals surface area contributed by atoms with Gasteiger partial charge in [-0.1, -0.05) is 12.1 Å².